The van der Waals surface area contributed by atoms with Crippen molar-refractivity contribution in [3.05, 3.63) is 47.1 Å². The van der Waals surface area contributed by atoms with E-state index in [1.807, 2.05) is 16.8 Å². The maximum Gasteiger partial charge on any atom is 0.503 e. The summed E-state index contributed by atoms with van der Waals surface area (Å²) in [5, 5.41) is 2.30. The summed E-state index contributed by atoms with van der Waals surface area (Å²) in [5.41, 5.74) is 1.17. The van der Waals surface area contributed by atoms with Crippen LogP contribution in [0.4, 0.5) is 0 Å². The van der Waals surface area contributed by atoms with Crippen molar-refractivity contribution in [3.8, 4) is 0 Å². The van der Waals surface area contributed by atoms with Crippen molar-refractivity contribution in [1.82, 2.24) is 4.40 Å². The minimum Gasteiger partial charge on any atom is -0.196 e. The minimum atomic E-state index is 0.112. The summed E-state index contributed by atoms with van der Waals surface area (Å²) in [6.07, 6.45) is 10.0. The SMILES string of the molecule is O=c1n2ccc3cccc(c[n+]1C1CCCCC1)c32. The van der Waals surface area contributed by atoms with Crippen LogP contribution in [0.15, 0.2) is 41.5 Å². The standard InChI is InChI=1S/C16H17N2O/c19-16-17-10-9-12-5-4-6-13(15(12)17)11-18(16)14-7-2-1-3-8-14/h4-6,9-11,14H,1-3,7-8H2/q+1. The van der Waals surface area contributed by atoms with Gasteiger partial charge in [0.1, 0.15) is 18.4 Å². The topological polar surface area (TPSA) is 25.4 Å². The molecule has 96 valence electrons. The molecule has 2 aromatic heterocycles. The zero-order chi connectivity index (χ0) is 12.8. The lowest BCUT2D eigenvalue weighted by Crippen LogP contribution is -2.56. The Hall–Kier alpha value is -1.90. The summed E-state index contributed by atoms with van der Waals surface area (Å²) in [5.74, 6) is 0. The van der Waals surface area contributed by atoms with Crippen molar-refractivity contribution >= 4 is 16.3 Å². The Morgan fingerprint density at radius 1 is 1.05 bits per heavy atom. The highest BCUT2D eigenvalue weighted by Gasteiger charge is 2.24. The van der Waals surface area contributed by atoms with Gasteiger partial charge in [0.2, 0.25) is 0 Å². The maximum atomic E-state index is 12.6. The third kappa shape index (κ3) is 1.57. The molecule has 0 amide bonds. The molecular formula is C16H17N2O+. The number of hydrogen-bond donors (Lipinski definition) is 0. The quantitative estimate of drug-likeness (QED) is 0.612. The Balaban J connectivity index is 2.00. The molecule has 3 nitrogen and oxygen atoms in total. The van der Waals surface area contributed by atoms with Gasteiger partial charge in [-0.2, -0.15) is 13.8 Å². The second-order valence-electron chi connectivity index (χ2n) is 5.58. The molecule has 0 atom stereocenters. The molecule has 4 rings (SSSR count). The summed E-state index contributed by atoms with van der Waals surface area (Å²) in [4.78, 5) is 12.6. The Morgan fingerprint density at radius 3 is 2.68 bits per heavy atom. The molecule has 0 aliphatic heterocycles. The predicted octanol–water partition coefficient (Wildman–Crippen LogP) is 2.68. The molecule has 1 fully saturated rings. The molecule has 1 aromatic carbocycles. The molecule has 2 heterocycles. The van der Waals surface area contributed by atoms with Crippen molar-refractivity contribution in [3.63, 3.8) is 0 Å². The highest BCUT2D eigenvalue weighted by molar-refractivity contribution is 5.95. The molecule has 1 aliphatic rings. The molecular weight excluding hydrogens is 236 g/mol. The number of nitrogens with zero attached hydrogens (tertiary/aromatic N) is 2. The van der Waals surface area contributed by atoms with Crippen LogP contribution in [-0.4, -0.2) is 4.40 Å². The molecule has 0 saturated heterocycles. The van der Waals surface area contributed by atoms with E-state index < -0.39 is 0 Å². The van der Waals surface area contributed by atoms with Gasteiger partial charge in [-0.3, -0.25) is 0 Å². The van der Waals surface area contributed by atoms with Crippen LogP contribution in [-0.2, 0) is 0 Å². The monoisotopic (exact) mass is 253 g/mol. The number of hydrogen-bond acceptors (Lipinski definition) is 1. The van der Waals surface area contributed by atoms with Gasteiger partial charge in [-0.1, -0.05) is 18.6 Å². The smallest absolute Gasteiger partial charge is 0.196 e. The maximum absolute atomic E-state index is 12.6. The average molecular weight is 253 g/mol. The highest BCUT2D eigenvalue weighted by atomic mass is 16.1. The minimum absolute atomic E-state index is 0.112. The van der Waals surface area contributed by atoms with Crippen molar-refractivity contribution in [2.24, 2.45) is 0 Å². The van der Waals surface area contributed by atoms with Gasteiger partial charge in [0.15, 0.2) is 5.52 Å². The van der Waals surface area contributed by atoms with E-state index in [0.717, 1.165) is 29.1 Å². The van der Waals surface area contributed by atoms with Gasteiger partial charge in [-0.05, 0) is 37.8 Å². The average Bonchev–Trinajstić information content (AvgIpc) is 2.89. The first-order valence-corrected chi connectivity index (χ1v) is 7.12. The summed E-state index contributed by atoms with van der Waals surface area (Å²) in [7, 11) is 0. The van der Waals surface area contributed by atoms with Gasteiger partial charge in [-0.15, -0.1) is 0 Å². The van der Waals surface area contributed by atoms with E-state index in [4.69, 9.17) is 0 Å². The third-order valence-corrected chi connectivity index (χ3v) is 4.42. The van der Waals surface area contributed by atoms with E-state index in [0.29, 0.717) is 6.04 Å². The molecule has 0 N–H and O–H groups in total. The van der Waals surface area contributed by atoms with Gasteiger partial charge in [-0.25, -0.2) is 0 Å². The zero-order valence-corrected chi connectivity index (χ0v) is 10.9. The van der Waals surface area contributed by atoms with Crippen LogP contribution >= 0.6 is 0 Å². The van der Waals surface area contributed by atoms with E-state index in [2.05, 4.69) is 24.4 Å². The fourth-order valence-corrected chi connectivity index (χ4v) is 3.44. The fourth-order valence-electron chi connectivity index (χ4n) is 3.44. The highest BCUT2D eigenvalue weighted by Crippen LogP contribution is 2.24. The summed E-state index contributed by atoms with van der Waals surface area (Å²) >= 11 is 0. The lowest BCUT2D eigenvalue weighted by Gasteiger charge is -2.19. The van der Waals surface area contributed by atoms with Crippen molar-refractivity contribution in [2.75, 3.05) is 0 Å². The summed E-state index contributed by atoms with van der Waals surface area (Å²) in [6, 6.07) is 8.63. The van der Waals surface area contributed by atoms with Crippen LogP contribution in [0.2, 0.25) is 0 Å². The Bertz CT molecular complexity index is 784. The second kappa shape index (κ2) is 4.05. The van der Waals surface area contributed by atoms with E-state index in [1.54, 1.807) is 4.40 Å². The zero-order valence-electron chi connectivity index (χ0n) is 10.9. The lowest BCUT2D eigenvalue weighted by atomic mass is 9.95. The molecule has 1 aliphatic carbocycles. The Labute approximate surface area is 111 Å². The van der Waals surface area contributed by atoms with E-state index in [-0.39, 0.29) is 5.69 Å². The van der Waals surface area contributed by atoms with Gasteiger partial charge in [0, 0.05) is 5.39 Å². The first-order valence-electron chi connectivity index (χ1n) is 7.12. The van der Waals surface area contributed by atoms with Gasteiger partial charge in [0.05, 0.1) is 5.39 Å². The summed E-state index contributed by atoms with van der Waals surface area (Å²) in [6.45, 7) is 0. The molecule has 0 spiro atoms. The fraction of sp³-hybridized carbons (Fsp3) is 0.375. The molecule has 0 bridgehead atoms. The van der Waals surface area contributed by atoms with Gasteiger partial charge in [0.25, 0.3) is 0 Å². The molecule has 3 aromatic rings. The number of para-hydroxylation sites is 1. The van der Waals surface area contributed by atoms with E-state index in [9.17, 15) is 4.79 Å². The first-order chi connectivity index (χ1) is 9.34. The van der Waals surface area contributed by atoms with E-state index >= 15 is 0 Å². The predicted molar refractivity (Wildman–Crippen MR) is 74.7 cm³/mol. The normalized spacial score (nSPS) is 17.5. The molecule has 0 unspecified atom stereocenters. The van der Waals surface area contributed by atoms with Crippen LogP contribution in [0.25, 0.3) is 16.3 Å². The van der Waals surface area contributed by atoms with Crippen molar-refractivity contribution < 1.29 is 4.57 Å². The molecule has 1 saturated carbocycles. The van der Waals surface area contributed by atoms with Gasteiger partial charge < -0.3 is 0 Å². The van der Waals surface area contributed by atoms with E-state index in [1.165, 1.54) is 19.3 Å². The second-order valence-corrected chi connectivity index (χ2v) is 5.58. The van der Waals surface area contributed by atoms with Crippen LogP contribution in [0.5, 0.6) is 0 Å². The molecule has 0 radical (unpaired) electrons. The Morgan fingerprint density at radius 2 is 1.84 bits per heavy atom. The Kier molecular flexibility index (Phi) is 2.34. The lowest BCUT2D eigenvalue weighted by molar-refractivity contribution is -0.740. The number of aromatic nitrogens is 2. The first kappa shape index (κ1) is 11.0. The van der Waals surface area contributed by atoms with Crippen LogP contribution in [0.3, 0.4) is 0 Å². The van der Waals surface area contributed by atoms with Crippen LogP contribution in [0.1, 0.15) is 38.1 Å². The molecule has 19 heavy (non-hydrogen) atoms. The van der Waals surface area contributed by atoms with Crippen molar-refractivity contribution in [1.29, 1.82) is 0 Å². The largest absolute Gasteiger partial charge is 0.503 e. The van der Waals surface area contributed by atoms with Crippen molar-refractivity contribution in [2.45, 2.75) is 38.1 Å². The summed E-state index contributed by atoms with van der Waals surface area (Å²) < 4.78 is 3.76. The van der Waals surface area contributed by atoms with Crippen LogP contribution in [0, 0.1) is 0 Å². The van der Waals surface area contributed by atoms with Gasteiger partial charge >= 0.3 is 5.69 Å². The van der Waals surface area contributed by atoms with Crippen LogP contribution < -0.4 is 10.3 Å². The number of benzene rings is 1. The third-order valence-electron chi connectivity index (χ3n) is 4.42. The molecule has 3 heteroatoms. The number of rotatable bonds is 1.